The first-order valence-electron chi connectivity index (χ1n) is 8.50. The molecule has 8 nitrogen and oxygen atoms in total. The normalized spacial score (nSPS) is 10.1. The predicted molar refractivity (Wildman–Crippen MR) is 102 cm³/mol. The number of rotatable bonds is 10. The van der Waals surface area contributed by atoms with Crippen LogP contribution in [-0.2, 0) is 11.2 Å². The molecule has 0 aliphatic carbocycles. The molecule has 0 fully saturated rings. The number of nitrogens with one attached hydrogen (secondary N) is 2. The SMILES string of the molecule is COc1ccc(OC)c(CCC(=O)NCCNc2ccccc2[N+](=O)[O-])c1. The number of aryl methyl sites for hydroxylation is 1. The molecule has 0 radical (unpaired) electrons. The molecule has 144 valence electrons. The Morgan fingerprint density at radius 1 is 1.11 bits per heavy atom. The third kappa shape index (κ3) is 5.88. The van der Waals surface area contributed by atoms with Crippen LogP contribution in [0.2, 0.25) is 0 Å². The molecular weight excluding hydrogens is 350 g/mol. The minimum atomic E-state index is -0.442. The highest BCUT2D eigenvalue weighted by Gasteiger charge is 2.12. The number of hydrogen-bond acceptors (Lipinski definition) is 6. The summed E-state index contributed by atoms with van der Waals surface area (Å²) in [5.41, 5.74) is 1.33. The van der Waals surface area contributed by atoms with E-state index in [-0.39, 0.29) is 11.6 Å². The standard InChI is InChI=1S/C19H23N3O5/c1-26-15-8-9-18(27-2)14(13-15)7-10-19(23)21-12-11-20-16-5-3-4-6-17(16)22(24)25/h3-6,8-9,13,20H,7,10-12H2,1-2H3,(H,21,23). The number of methoxy groups -OCH3 is 2. The van der Waals surface area contributed by atoms with E-state index in [2.05, 4.69) is 10.6 Å². The number of ether oxygens (including phenoxy) is 2. The number of carbonyl (C=O) groups is 1. The third-order valence-corrected chi connectivity index (χ3v) is 3.97. The van der Waals surface area contributed by atoms with Gasteiger partial charge in [0.2, 0.25) is 5.91 Å². The largest absolute Gasteiger partial charge is 0.497 e. The van der Waals surface area contributed by atoms with Gasteiger partial charge in [0.05, 0.1) is 19.1 Å². The van der Waals surface area contributed by atoms with Crippen molar-refractivity contribution in [2.24, 2.45) is 0 Å². The van der Waals surface area contributed by atoms with Gasteiger partial charge in [0, 0.05) is 25.6 Å². The minimum Gasteiger partial charge on any atom is -0.497 e. The van der Waals surface area contributed by atoms with Crippen LogP contribution < -0.4 is 20.1 Å². The molecule has 1 amide bonds. The van der Waals surface area contributed by atoms with Gasteiger partial charge in [0.25, 0.3) is 5.69 Å². The monoisotopic (exact) mass is 373 g/mol. The minimum absolute atomic E-state index is 0.00828. The van der Waals surface area contributed by atoms with Gasteiger partial charge in [-0.3, -0.25) is 14.9 Å². The van der Waals surface area contributed by atoms with Crippen LogP contribution in [0.15, 0.2) is 42.5 Å². The predicted octanol–water partition coefficient (Wildman–Crippen LogP) is 2.77. The highest BCUT2D eigenvalue weighted by Crippen LogP contribution is 2.25. The lowest BCUT2D eigenvalue weighted by Crippen LogP contribution is -2.29. The molecule has 0 bridgehead atoms. The summed E-state index contributed by atoms with van der Waals surface area (Å²) in [6.07, 6.45) is 0.818. The lowest BCUT2D eigenvalue weighted by molar-refractivity contribution is -0.384. The summed E-state index contributed by atoms with van der Waals surface area (Å²) in [6, 6.07) is 11.9. The molecule has 0 aromatic heterocycles. The Labute approximate surface area is 157 Å². The van der Waals surface area contributed by atoms with Crippen molar-refractivity contribution in [2.45, 2.75) is 12.8 Å². The van der Waals surface area contributed by atoms with Crippen LogP contribution in [0.3, 0.4) is 0 Å². The van der Waals surface area contributed by atoms with Crippen molar-refractivity contribution in [3.63, 3.8) is 0 Å². The molecule has 0 heterocycles. The molecule has 8 heteroatoms. The maximum atomic E-state index is 12.0. The lowest BCUT2D eigenvalue weighted by Gasteiger charge is -2.11. The van der Waals surface area contributed by atoms with E-state index < -0.39 is 4.92 Å². The highest BCUT2D eigenvalue weighted by atomic mass is 16.6. The number of hydrogen-bond donors (Lipinski definition) is 2. The first-order chi connectivity index (χ1) is 13.0. The van der Waals surface area contributed by atoms with E-state index in [1.54, 1.807) is 38.5 Å². The van der Waals surface area contributed by atoms with Gasteiger partial charge in [-0.15, -0.1) is 0 Å². The van der Waals surface area contributed by atoms with Crippen molar-refractivity contribution in [2.75, 3.05) is 32.6 Å². The van der Waals surface area contributed by atoms with Gasteiger partial charge >= 0.3 is 0 Å². The smallest absolute Gasteiger partial charge is 0.292 e. The van der Waals surface area contributed by atoms with E-state index in [0.29, 0.717) is 43.1 Å². The van der Waals surface area contributed by atoms with Gasteiger partial charge in [0.15, 0.2) is 0 Å². The number of nitro groups is 1. The second kappa shape index (κ2) is 10.0. The van der Waals surface area contributed by atoms with Gasteiger partial charge in [-0.25, -0.2) is 0 Å². The van der Waals surface area contributed by atoms with Crippen LogP contribution in [0.1, 0.15) is 12.0 Å². The quantitative estimate of drug-likeness (QED) is 0.377. The van der Waals surface area contributed by atoms with E-state index in [9.17, 15) is 14.9 Å². The fraction of sp³-hybridized carbons (Fsp3) is 0.316. The van der Waals surface area contributed by atoms with Crippen LogP contribution >= 0.6 is 0 Å². The number of amides is 1. The van der Waals surface area contributed by atoms with Gasteiger partial charge in [-0.05, 0) is 36.2 Å². The van der Waals surface area contributed by atoms with Crippen LogP contribution in [-0.4, -0.2) is 38.1 Å². The topological polar surface area (TPSA) is 103 Å². The molecular formula is C19H23N3O5. The Bertz CT molecular complexity index is 795. The number of carbonyl (C=O) groups excluding carboxylic acids is 1. The summed E-state index contributed by atoms with van der Waals surface area (Å²) >= 11 is 0. The average Bonchev–Trinajstić information content (AvgIpc) is 2.69. The molecule has 0 aliphatic rings. The molecule has 0 unspecified atom stereocenters. The van der Waals surface area contributed by atoms with Crippen LogP contribution in [0, 0.1) is 10.1 Å². The molecule has 2 N–H and O–H groups in total. The van der Waals surface area contributed by atoms with Crippen molar-refractivity contribution in [1.82, 2.24) is 5.32 Å². The number of para-hydroxylation sites is 2. The van der Waals surface area contributed by atoms with E-state index >= 15 is 0 Å². The number of nitrogens with zero attached hydrogens (tertiary/aromatic N) is 1. The molecule has 0 spiro atoms. The van der Waals surface area contributed by atoms with Crippen molar-refractivity contribution in [1.29, 1.82) is 0 Å². The van der Waals surface area contributed by atoms with Gasteiger partial charge in [-0.1, -0.05) is 12.1 Å². The fourth-order valence-electron chi connectivity index (χ4n) is 2.60. The van der Waals surface area contributed by atoms with E-state index in [0.717, 1.165) is 5.56 Å². The van der Waals surface area contributed by atoms with E-state index in [1.807, 2.05) is 12.1 Å². The van der Waals surface area contributed by atoms with Crippen LogP contribution in [0.5, 0.6) is 11.5 Å². The second-order valence-corrected chi connectivity index (χ2v) is 5.73. The van der Waals surface area contributed by atoms with Crippen molar-refractivity contribution in [3.05, 3.63) is 58.1 Å². The summed E-state index contributed by atoms with van der Waals surface area (Å²) in [4.78, 5) is 22.6. The van der Waals surface area contributed by atoms with E-state index in [4.69, 9.17) is 9.47 Å². The Kier molecular flexibility index (Phi) is 7.42. The zero-order chi connectivity index (χ0) is 19.6. The Hall–Kier alpha value is -3.29. The zero-order valence-electron chi connectivity index (χ0n) is 15.4. The van der Waals surface area contributed by atoms with Crippen molar-refractivity contribution < 1.29 is 19.2 Å². The number of anilines is 1. The van der Waals surface area contributed by atoms with Gasteiger partial charge in [0.1, 0.15) is 17.2 Å². The lowest BCUT2D eigenvalue weighted by atomic mass is 10.1. The van der Waals surface area contributed by atoms with Gasteiger partial charge < -0.3 is 20.1 Å². The highest BCUT2D eigenvalue weighted by molar-refractivity contribution is 5.76. The summed E-state index contributed by atoms with van der Waals surface area (Å²) in [6.45, 7) is 0.749. The van der Waals surface area contributed by atoms with Gasteiger partial charge in [-0.2, -0.15) is 0 Å². The molecule has 2 aromatic rings. The second-order valence-electron chi connectivity index (χ2n) is 5.73. The molecule has 0 aliphatic heterocycles. The first kappa shape index (κ1) is 20.0. The average molecular weight is 373 g/mol. The maximum absolute atomic E-state index is 12.0. The Morgan fingerprint density at radius 2 is 1.89 bits per heavy atom. The van der Waals surface area contributed by atoms with Crippen molar-refractivity contribution in [3.8, 4) is 11.5 Å². The first-order valence-corrected chi connectivity index (χ1v) is 8.50. The van der Waals surface area contributed by atoms with E-state index in [1.165, 1.54) is 6.07 Å². The molecule has 0 saturated heterocycles. The number of benzene rings is 2. The summed E-state index contributed by atoms with van der Waals surface area (Å²) in [7, 11) is 3.17. The molecule has 2 aromatic carbocycles. The summed E-state index contributed by atoms with van der Waals surface area (Å²) in [5, 5.41) is 16.7. The maximum Gasteiger partial charge on any atom is 0.292 e. The van der Waals surface area contributed by atoms with Crippen LogP contribution in [0.25, 0.3) is 0 Å². The molecule has 0 atom stereocenters. The zero-order valence-corrected chi connectivity index (χ0v) is 15.4. The summed E-state index contributed by atoms with van der Waals surface area (Å²) < 4.78 is 10.5. The Balaban J connectivity index is 1.78. The van der Waals surface area contributed by atoms with Crippen molar-refractivity contribution >= 4 is 17.3 Å². The third-order valence-electron chi connectivity index (χ3n) is 3.97. The van der Waals surface area contributed by atoms with Crippen LogP contribution in [0.4, 0.5) is 11.4 Å². The Morgan fingerprint density at radius 3 is 2.59 bits per heavy atom. The fourth-order valence-corrected chi connectivity index (χ4v) is 2.60. The molecule has 27 heavy (non-hydrogen) atoms. The molecule has 2 rings (SSSR count). The summed E-state index contributed by atoms with van der Waals surface area (Å²) in [5.74, 6) is 1.31. The molecule has 0 saturated carbocycles. The number of nitro benzene ring substituents is 1.